The number of ether oxygens (including phenoxy) is 1. The van der Waals surface area contributed by atoms with Crippen LogP contribution in [-0.4, -0.2) is 87.4 Å². The Morgan fingerprint density at radius 2 is 0.792 bits per heavy atom. The van der Waals surface area contributed by atoms with E-state index in [9.17, 15) is 39.5 Å². The van der Waals surface area contributed by atoms with Crippen molar-refractivity contribution in [3.8, 4) is 0 Å². The fourth-order valence-corrected chi connectivity index (χ4v) is 3.22. The minimum Gasteiger partial charge on any atom is -0.353 e. The van der Waals surface area contributed by atoms with Gasteiger partial charge in [0.05, 0.1) is 0 Å². The lowest BCUT2D eigenvalue weighted by molar-refractivity contribution is -0.355. The molecule has 0 bridgehead atoms. The van der Waals surface area contributed by atoms with Crippen LogP contribution in [-0.2, 0) is 4.74 Å². The van der Waals surface area contributed by atoms with Crippen LogP contribution in [0.1, 0.15) is 0 Å². The molecule has 0 unspecified atom stereocenters. The number of rotatable bonds is 9. The van der Waals surface area contributed by atoms with E-state index in [-0.39, 0.29) is 4.90 Å². The molecule has 1 fully saturated rings. The summed E-state index contributed by atoms with van der Waals surface area (Å²) in [5.74, 6) is 0. The molecule has 0 saturated carbocycles. The first-order chi connectivity index (χ1) is 11.4. The molecular formula is C13H18F9NO. The van der Waals surface area contributed by atoms with Crippen LogP contribution in [0.5, 0.6) is 0 Å². The molecule has 1 rings (SSSR count). The lowest BCUT2D eigenvalue weighted by atomic mass is 9.69. The highest BCUT2D eigenvalue weighted by Gasteiger charge is 2.74. The van der Waals surface area contributed by atoms with Gasteiger partial charge in [-0.15, -0.1) is 0 Å². The average Bonchev–Trinajstić information content (AvgIpc) is 2.65. The number of alkyl halides is 9. The van der Waals surface area contributed by atoms with E-state index in [0.717, 1.165) is 0 Å². The van der Waals surface area contributed by atoms with Crippen molar-refractivity contribution >= 4 is 0 Å². The molecular weight excluding hydrogens is 357 g/mol. The lowest BCUT2D eigenvalue weighted by Gasteiger charge is -2.65. The van der Waals surface area contributed by atoms with Gasteiger partial charge in [-0.05, 0) is 0 Å². The average molecular weight is 375 g/mol. The van der Waals surface area contributed by atoms with E-state index in [1.54, 1.807) is 0 Å². The van der Waals surface area contributed by atoms with E-state index in [2.05, 4.69) is 0 Å². The normalized spacial score (nSPS) is 24.9. The number of halogens is 9. The Labute approximate surface area is 132 Å². The van der Waals surface area contributed by atoms with E-state index in [0.29, 0.717) is 0 Å². The van der Waals surface area contributed by atoms with Crippen molar-refractivity contribution < 1.29 is 44.3 Å². The summed E-state index contributed by atoms with van der Waals surface area (Å²) in [6.07, 6.45) is 0. The molecule has 0 amide bonds. The predicted octanol–water partition coefficient (Wildman–Crippen LogP) is 2.96. The van der Waals surface area contributed by atoms with Crippen molar-refractivity contribution in [3.05, 3.63) is 0 Å². The van der Waals surface area contributed by atoms with Crippen molar-refractivity contribution in [1.29, 1.82) is 0 Å². The standard InChI is InChI=1S/C13H18F9NO/c14-1-10(2-15)12(5-18,6-19)24-13(7-20,8-21)11(3-16,4-17)23(10)9-22/h1-9H2. The molecule has 0 aromatic rings. The van der Waals surface area contributed by atoms with Crippen LogP contribution in [0.25, 0.3) is 0 Å². The molecule has 0 aromatic carbocycles. The van der Waals surface area contributed by atoms with E-state index in [1.807, 2.05) is 0 Å². The quantitative estimate of drug-likeness (QED) is 0.454. The first kappa shape index (κ1) is 21.3. The third-order valence-electron chi connectivity index (χ3n) is 4.99. The van der Waals surface area contributed by atoms with Gasteiger partial charge in [-0.3, -0.25) is 0 Å². The topological polar surface area (TPSA) is 12.5 Å². The molecule has 24 heavy (non-hydrogen) atoms. The minimum atomic E-state index is -3.17. The molecule has 0 atom stereocenters. The molecule has 144 valence electrons. The van der Waals surface area contributed by atoms with Gasteiger partial charge in [0.2, 0.25) is 0 Å². The third-order valence-corrected chi connectivity index (χ3v) is 4.99. The summed E-state index contributed by atoms with van der Waals surface area (Å²) in [6, 6.07) is 0. The Bertz CT molecular complexity index is 361. The van der Waals surface area contributed by atoms with Crippen LogP contribution in [0.15, 0.2) is 0 Å². The smallest absolute Gasteiger partial charge is 0.149 e. The number of hydrogen-bond acceptors (Lipinski definition) is 2. The second kappa shape index (κ2) is 7.67. The van der Waals surface area contributed by atoms with Crippen LogP contribution in [0, 0.1) is 0 Å². The predicted molar refractivity (Wildman–Crippen MR) is 67.6 cm³/mol. The van der Waals surface area contributed by atoms with Crippen LogP contribution in [0.4, 0.5) is 39.5 Å². The summed E-state index contributed by atoms with van der Waals surface area (Å²) in [6.45, 7) is -18.0. The van der Waals surface area contributed by atoms with Crippen molar-refractivity contribution in [2.75, 3.05) is 60.2 Å². The maximum atomic E-state index is 13.6. The first-order valence-electron chi connectivity index (χ1n) is 6.91. The summed E-state index contributed by atoms with van der Waals surface area (Å²) < 4.78 is 127. The monoisotopic (exact) mass is 375 g/mol. The van der Waals surface area contributed by atoms with Gasteiger partial charge in [-0.2, -0.15) is 0 Å². The second-order valence-electron chi connectivity index (χ2n) is 5.77. The van der Waals surface area contributed by atoms with E-state index in [4.69, 9.17) is 4.74 Å². The fraction of sp³-hybridized carbons (Fsp3) is 1.00. The summed E-state index contributed by atoms with van der Waals surface area (Å²) >= 11 is 0. The van der Waals surface area contributed by atoms with Crippen molar-refractivity contribution in [2.24, 2.45) is 0 Å². The van der Waals surface area contributed by atoms with Gasteiger partial charge in [0.1, 0.15) is 82.5 Å². The molecule has 1 aliphatic heterocycles. The van der Waals surface area contributed by atoms with Crippen molar-refractivity contribution in [2.45, 2.75) is 22.3 Å². The largest absolute Gasteiger partial charge is 0.353 e. The maximum absolute atomic E-state index is 13.6. The van der Waals surface area contributed by atoms with E-state index < -0.39 is 82.5 Å². The number of hydrogen-bond donors (Lipinski definition) is 0. The molecule has 1 heterocycles. The summed E-state index contributed by atoms with van der Waals surface area (Å²) in [4.78, 5) is -0.207. The highest BCUT2D eigenvalue weighted by molar-refractivity contribution is 5.23. The van der Waals surface area contributed by atoms with Crippen LogP contribution in [0.3, 0.4) is 0 Å². The first-order valence-corrected chi connectivity index (χ1v) is 6.91. The molecule has 0 radical (unpaired) electrons. The Kier molecular flexibility index (Phi) is 6.82. The maximum Gasteiger partial charge on any atom is 0.149 e. The molecule has 2 nitrogen and oxygen atoms in total. The second-order valence-corrected chi connectivity index (χ2v) is 5.77. The fourth-order valence-electron chi connectivity index (χ4n) is 3.22. The highest BCUT2D eigenvalue weighted by atomic mass is 19.2. The Morgan fingerprint density at radius 1 is 0.500 bits per heavy atom. The molecule has 11 heteroatoms. The number of morpholine rings is 1. The van der Waals surface area contributed by atoms with Gasteiger partial charge < -0.3 is 4.74 Å². The molecule has 1 saturated heterocycles. The van der Waals surface area contributed by atoms with Crippen LogP contribution < -0.4 is 0 Å². The van der Waals surface area contributed by atoms with Crippen LogP contribution >= 0.6 is 0 Å². The number of nitrogens with zero attached hydrogens (tertiary/aromatic N) is 1. The molecule has 1 aliphatic rings. The van der Waals surface area contributed by atoms with Gasteiger partial charge >= 0.3 is 0 Å². The van der Waals surface area contributed by atoms with Crippen molar-refractivity contribution in [3.63, 3.8) is 0 Å². The zero-order valence-corrected chi connectivity index (χ0v) is 12.6. The van der Waals surface area contributed by atoms with Gasteiger partial charge in [0, 0.05) is 0 Å². The van der Waals surface area contributed by atoms with E-state index in [1.165, 1.54) is 0 Å². The van der Waals surface area contributed by atoms with E-state index >= 15 is 0 Å². The van der Waals surface area contributed by atoms with Crippen molar-refractivity contribution in [1.82, 2.24) is 4.90 Å². The van der Waals surface area contributed by atoms with Gasteiger partial charge in [0.25, 0.3) is 0 Å². The van der Waals surface area contributed by atoms with Crippen LogP contribution in [0.2, 0.25) is 0 Å². The molecule has 0 N–H and O–H groups in total. The highest BCUT2D eigenvalue weighted by Crippen LogP contribution is 2.52. The SMILES string of the molecule is FCN1C(CF)(CF)C(CF)(CF)OC(CF)(CF)C1(CF)CF. The van der Waals surface area contributed by atoms with Gasteiger partial charge in [0.15, 0.2) is 0 Å². The summed E-state index contributed by atoms with van der Waals surface area (Å²) in [7, 11) is 0. The van der Waals surface area contributed by atoms with Gasteiger partial charge in [-0.1, -0.05) is 0 Å². The minimum absolute atomic E-state index is 0.207. The Morgan fingerprint density at radius 3 is 0.958 bits per heavy atom. The van der Waals surface area contributed by atoms with Gasteiger partial charge in [-0.25, -0.2) is 44.4 Å². The molecule has 0 aromatic heterocycles. The Balaban J connectivity index is 3.81. The lowest BCUT2D eigenvalue weighted by Crippen LogP contribution is -2.88. The Hall–Kier alpha value is -0.710. The summed E-state index contributed by atoms with van der Waals surface area (Å²) in [5, 5.41) is 0. The molecule has 0 aliphatic carbocycles. The zero-order chi connectivity index (χ0) is 18.6. The third kappa shape index (κ3) is 2.33. The zero-order valence-electron chi connectivity index (χ0n) is 12.6. The summed E-state index contributed by atoms with van der Waals surface area (Å²) in [5.41, 5.74) is -12.6. The molecule has 0 spiro atoms.